The Morgan fingerprint density at radius 1 is 1.69 bits per heavy atom. The van der Waals surface area contributed by atoms with Gasteiger partial charge in [0.2, 0.25) is 0 Å². The Hall–Kier alpha value is -0.520. The fraction of sp³-hybridized carbons (Fsp3) is 0.545. The van der Waals surface area contributed by atoms with Gasteiger partial charge in [0.05, 0.1) is 18.8 Å². The zero-order chi connectivity index (χ0) is 12.0. The number of thioether (sulfide) groups is 1. The first-order chi connectivity index (χ1) is 7.69. The molecule has 0 fully saturated rings. The van der Waals surface area contributed by atoms with E-state index in [9.17, 15) is 4.79 Å². The summed E-state index contributed by atoms with van der Waals surface area (Å²) in [5, 5.41) is 2.37. The maximum atomic E-state index is 11.0. The zero-order valence-electron chi connectivity index (χ0n) is 9.56. The molecule has 0 saturated heterocycles. The smallest absolute Gasteiger partial charge is 0.306 e. The normalized spacial score (nSPS) is 12.4. The third-order valence-corrected chi connectivity index (χ3v) is 4.81. The quantitative estimate of drug-likeness (QED) is 0.797. The molecule has 0 aliphatic heterocycles. The molecule has 1 atom stereocenters. The van der Waals surface area contributed by atoms with E-state index in [1.165, 1.54) is 17.6 Å². The highest BCUT2D eigenvalue weighted by Gasteiger charge is 2.14. The Morgan fingerprint density at radius 3 is 2.94 bits per heavy atom. The number of carbonyl (C=O) groups is 1. The molecule has 2 N–H and O–H groups in total. The van der Waals surface area contributed by atoms with E-state index in [1.54, 1.807) is 23.1 Å². The Morgan fingerprint density at radius 2 is 2.44 bits per heavy atom. The van der Waals surface area contributed by atoms with Gasteiger partial charge < -0.3 is 10.5 Å². The number of hydrogen-bond donors (Lipinski definition) is 1. The Balaban J connectivity index is 2.44. The second-order valence-corrected chi connectivity index (χ2v) is 5.65. The largest absolute Gasteiger partial charge is 0.469 e. The molecule has 90 valence electrons. The highest BCUT2D eigenvalue weighted by atomic mass is 32.2. The molecule has 16 heavy (non-hydrogen) atoms. The summed E-state index contributed by atoms with van der Waals surface area (Å²) in [5.74, 6) is 0.595. The van der Waals surface area contributed by atoms with Gasteiger partial charge in [0.1, 0.15) is 0 Å². The fourth-order valence-electron chi connectivity index (χ4n) is 1.35. The van der Waals surface area contributed by atoms with Crippen molar-refractivity contribution in [3.8, 4) is 0 Å². The number of methoxy groups -OCH3 is 1. The molecule has 0 bridgehead atoms. The van der Waals surface area contributed by atoms with Crippen LogP contribution in [0.25, 0.3) is 0 Å². The summed E-state index contributed by atoms with van der Waals surface area (Å²) >= 11 is 3.45. The molecule has 5 heteroatoms. The van der Waals surface area contributed by atoms with Gasteiger partial charge in [-0.2, -0.15) is 11.8 Å². The standard InChI is InChI=1S/C11H17NO2S2/c1-8-3-5-16-11(8)9(7-12)15-6-4-10(13)14-2/h3,5,9H,4,6-7,12H2,1-2H3. The van der Waals surface area contributed by atoms with E-state index < -0.39 is 0 Å². The molecule has 1 heterocycles. The van der Waals surface area contributed by atoms with Crippen molar-refractivity contribution in [1.29, 1.82) is 0 Å². The van der Waals surface area contributed by atoms with Crippen molar-refractivity contribution in [3.63, 3.8) is 0 Å². The minimum absolute atomic E-state index is 0.161. The van der Waals surface area contributed by atoms with Gasteiger partial charge in [0.15, 0.2) is 0 Å². The van der Waals surface area contributed by atoms with Gasteiger partial charge >= 0.3 is 5.97 Å². The van der Waals surface area contributed by atoms with E-state index in [0.717, 1.165) is 5.75 Å². The number of ether oxygens (including phenoxy) is 1. The number of hydrogen-bond acceptors (Lipinski definition) is 5. The Kier molecular flexibility index (Phi) is 5.87. The monoisotopic (exact) mass is 259 g/mol. The van der Waals surface area contributed by atoms with Crippen LogP contribution in [0.1, 0.15) is 22.1 Å². The van der Waals surface area contributed by atoms with Gasteiger partial charge in [0, 0.05) is 17.2 Å². The molecular weight excluding hydrogens is 242 g/mol. The van der Waals surface area contributed by atoms with Gasteiger partial charge in [-0.15, -0.1) is 11.3 Å². The Bertz CT molecular complexity index is 338. The van der Waals surface area contributed by atoms with Gasteiger partial charge in [-0.25, -0.2) is 0 Å². The van der Waals surface area contributed by atoms with E-state index in [0.29, 0.717) is 18.2 Å². The lowest BCUT2D eigenvalue weighted by Crippen LogP contribution is -2.10. The minimum atomic E-state index is -0.161. The van der Waals surface area contributed by atoms with Crippen LogP contribution in [0, 0.1) is 6.92 Å². The number of esters is 1. The summed E-state index contributed by atoms with van der Waals surface area (Å²) in [6, 6.07) is 2.10. The van der Waals surface area contributed by atoms with Crippen LogP contribution in [-0.4, -0.2) is 25.4 Å². The van der Waals surface area contributed by atoms with Gasteiger partial charge in [-0.05, 0) is 23.9 Å². The summed E-state index contributed by atoms with van der Waals surface area (Å²) in [4.78, 5) is 12.3. The molecule has 1 aromatic heterocycles. The molecular formula is C11H17NO2S2. The van der Waals surface area contributed by atoms with Crippen molar-refractivity contribution in [3.05, 3.63) is 21.9 Å². The van der Waals surface area contributed by atoms with Gasteiger partial charge in [-0.1, -0.05) is 0 Å². The first-order valence-corrected chi connectivity index (χ1v) is 7.04. The van der Waals surface area contributed by atoms with Crippen LogP contribution in [0.5, 0.6) is 0 Å². The molecule has 0 spiro atoms. The first kappa shape index (κ1) is 13.5. The Labute approximate surface area is 104 Å². The van der Waals surface area contributed by atoms with E-state index in [-0.39, 0.29) is 5.97 Å². The lowest BCUT2D eigenvalue weighted by Gasteiger charge is -2.13. The van der Waals surface area contributed by atoms with E-state index in [2.05, 4.69) is 23.1 Å². The van der Waals surface area contributed by atoms with Crippen molar-refractivity contribution < 1.29 is 9.53 Å². The van der Waals surface area contributed by atoms with Crippen molar-refractivity contribution in [1.82, 2.24) is 0 Å². The number of nitrogens with two attached hydrogens (primary N) is 1. The summed E-state index contributed by atoms with van der Waals surface area (Å²) in [5.41, 5.74) is 7.04. The zero-order valence-corrected chi connectivity index (χ0v) is 11.2. The molecule has 1 aromatic rings. The number of carbonyl (C=O) groups excluding carboxylic acids is 1. The van der Waals surface area contributed by atoms with Crippen molar-refractivity contribution in [2.24, 2.45) is 5.73 Å². The van der Waals surface area contributed by atoms with Crippen LogP contribution in [0.4, 0.5) is 0 Å². The lowest BCUT2D eigenvalue weighted by atomic mass is 10.2. The average Bonchev–Trinajstić information content (AvgIpc) is 2.70. The van der Waals surface area contributed by atoms with Crippen LogP contribution in [0.3, 0.4) is 0 Å². The summed E-state index contributed by atoms with van der Waals surface area (Å²) < 4.78 is 4.60. The molecule has 3 nitrogen and oxygen atoms in total. The van der Waals surface area contributed by atoms with E-state index in [4.69, 9.17) is 5.73 Å². The van der Waals surface area contributed by atoms with E-state index >= 15 is 0 Å². The second kappa shape index (κ2) is 6.93. The SMILES string of the molecule is COC(=O)CCSC(CN)c1sccc1C. The predicted octanol–water partition coefficient (Wildman–Crippen LogP) is 2.35. The lowest BCUT2D eigenvalue weighted by molar-refractivity contribution is -0.140. The highest BCUT2D eigenvalue weighted by molar-refractivity contribution is 7.99. The van der Waals surface area contributed by atoms with Gasteiger partial charge in [-0.3, -0.25) is 4.79 Å². The molecule has 0 aliphatic carbocycles. The second-order valence-electron chi connectivity index (χ2n) is 3.39. The third-order valence-electron chi connectivity index (χ3n) is 2.26. The van der Waals surface area contributed by atoms with Crippen LogP contribution < -0.4 is 5.73 Å². The van der Waals surface area contributed by atoms with Crippen LogP contribution in [0.2, 0.25) is 0 Å². The van der Waals surface area contributed by atoms with Crippen LogP contribution in [0.15, 0.2) is 11.4 Å². The van der Waals surface area contributed by atoms with Crippen molar-refractivity contribution in [2.45, 2.75) is 18.6 Å². The first-order valence-electron chi connectivity index (χ1n) is 5.11. The maximum Gasteiger partial charge on any atom is 0.306 e. The topological polar surface area (TPSA) is 52.3 Å². The highest BCUT2D eigenvalue weighted by Crippen LogP contribution is 2.34. The molecule has 1 unspecified atom stereocenters. The van der Waals surface area contributed by atoms with Gasteiger partial charge in [0.25, 0.3) is 0 Å². The van der Waals surface area contributed by atoms with E-state index in [1.807, 2.05) is 0 Å². The third kappa shape index (κ3) is 3.81. The summed E-state index contributed by atoms with van der Waals surface area (Å²) in [7, 11) is 1.41. The predicted molar refractivity (Wildman–Crippen MR) is 69.9 cm³/mol. The molecule has 0 amide bonds. The molecule has 0 aliphatic rings. The fourth-order valence-corrected chi connectivity index (χ4v) is 3.69. The average molecular weight is 259 g/mol. The molecule has 0 saturated carbocycles. The molecule has 1 rings (SSSR count). The summed E-state index contributed by atoms with van der Waals surface area (Å²) in [6.07, 6.45) is 0.447. The van der Waals surface area contributed by atoms with Crippen molar-refractivity contribution in [2.75, 3.05) is 19.4 Å². The number of thiophene rings is 1. The molecule has 0 aromatic carbocycles. The van der Waals surface area contributed by atoms with Crippen LogP contribution >= 0.6 is 23.1 Å². The minimum Gasteiger partial charge on any atom is -0.469 e. The molecule has 0 radical (unpaired) electrons. The maximum absolute atomic E-state index is 11.0. The number of rotatable bonds is 6. The van der Waals surface area contributed by atoms with Crippen LogP contribution in [-0.2, 0) is 9.53 Å². The summed E-state index contributed by atoms with van der Waals surface area (Å²) in [6.45, 7) is 2.70. The number of aryl methyl sites for hydroxylation is 1. The van der Waals surface area contributed by atoms with Crippen molar-refractivity contribution >= 4 is 29.1 Å².